The Hall–Kier alpha value is -0.200. The molecule has 0 aromatic heterocycles. The molecule has 0 amide bonds. The van der Waals surface area contributed by atoms with Crippen LogP contribution in [-0.2, 0) is 10.0 Å². The van der Waals surface area contributed by atoms with Crippen LogP contribution in [0, 0.1) is 11.8 Å². The molecule has 1 saturated heterocycles. The third-order valence-electron chi connectivity index (χ3n) is 3.50. The number of thiocarbonyl (C=S) groups is 1. The molecular weight excluding hydrogens is 244 g/mol. The topological polar surface area (TPSA) is 63.4 Å². The average molecular weight is 264 g/mol. The lowest BCUT2D eigenvalue weighted by Crippen LogP contribution is -2.48. The van der Waals surface area contributed by atoms with E-state index in [1.807, 2.05) is 0 Å². The second-order valence-electron chi connectivity index (χ2n) is 4.69. The molecule has 0 bridgehead atoms. The summed E-state index contributed by atoms with van der Waals surface area (Å²) in [4.78, 5) is 0.0475. The van der Waals surface area contributed by atoms with Crippen LogP contribution in [0.2, 0.25) is 0 Å². The number of hydrogen-bond acceptors (Lipinski definition) is 3. The molecule has 3 unspecified atom stereocenters. The highest BCUT2D eigenvalue weighted by atomic mass is 32.2. The quantitative estimate of drug-likeness (QED) is 0.772. The second-order valence-corrected chi connectivity index (χ2v) is 7.42. The SMILES string of the molecule is CC1CCN(S(=O)(=O)C(C)C(N)=S)CC1C. The number of nitrogens with zero attached hydrogens (tertiary/aromatic N) is 1. The molecule has 1 fully saturated rings. The number of rotatable bonds is 3. The zero-order chi connectivity index (χ0) is 12.5. The van der Waals surface area contributed by atoms with Crippen LogP contribution < -0.4 is 5.73 Å². The highest BCUT2D eigenvalue weighted by Gasteiger charge is 2.35. The van der Waals surface area contributed by atoms with E-state index in [4.69, 9.17) is 18.0 Å². The van der Waals surface area contributed by atoms with Gasteiger partial charge in [-0.2, -0.15) is 0 Å². The fourth-order valence-electron chi connectivity index (χ4n) is 1.83. The molecule has 2 N–H and O–H groups in total. The minimum absolute atomic E-state index is 0.0475. The fraction of sp³-hybridized carbons (Fsp3) is 0.900. The summed E-state index contributed by atoms with van der Waals surface area (Å²) in [5.74, 6) is 0.966. The van der Waals surface area contributed by atoms with Crippen molar-refractivity contribution < 1.29 is 8.42 Å². The smallest absolute Gasteiger partial charge is 0.223 e. The third-order valence-corrected chi connectivity index (χ3v) is 6.21. The fourth-order valence-corrected chi connectivity index (χ4v) is 3.73. The third kappa shape index (κ3) is 2.73. The molecule has 3 atom stereocenters. The number of piperidine rings is 1. The van der Waals surface area contributed by atoms with Gasteiger partial charge in [-0.05, 0) is 25.2 Å². The largest absolute Gasteiger partial charge is 0.392 e. The van der Waals surface area contributed by atoms with Crippen molar-refractivity contribution in [3.8, 4) is 0 Å². The van der Waals surface area contributed by atoms with Gasteiger partial charge in [-0.1, -0.05) is 26.1 Å². The molecule has 1 aliphatic rings. The van der Waals surface area contributed by atoms with Gasteiger partial charge in [0.25, 0.3) is 0 Å². The lowest BCUT2D eigenvalue weighted by atomic mass is 9.90. The van der Waals surface area contributed by atoms with Crippen LogP contribution >= 0.6 is 12.2 Å². The predicted octanol–water partition coefficient (Wildman–Crippen LogP) is 0.969. The van der Waals surface area contributed by atoms with Gasteiger partial charge in [0.05, 0.1) is 4.99 Å². The zero-order valence-corrected chi connectivity index (χ0v) is 11.6. The maximum absolute atomic E-state index is 12.1. The van der Waals surface area contributed by atoms with E-state index in [1.54, 1.807) is 6.92 Å². The predicted molar refractivity (Wildman–Crippen MR) is 69.7 cm³/mol. The Morgan fingerprint density at radius 1 is 1.44 bits per heavy atom. The summed E-state index contributed by atoms with van der Waals surface area (Å²) >= 11 is 4.76. The van der Waals surface area contributed by atoms with Crippen molar-refractivity contribution in [1.82, 2.24) is 4.31 Å². The van der Waals surface area contributed by atoms with E-state index >= 15 is 0 Å². The van der Waals surface area contributed by atoms with Gasteiger partial charge in [0.1, 0.15) is 5.25 Å². The van der Waals surface area contributed by atoms with Crippen LogP contribution in [-0.4, -0.2) is 36.1 Å². The van der Waals surface area contributed by atoms with Crippen molar-refractivity contribution in [3.05, 3.63) is 0 Å². The van der Waals surface area contributed by atoms with Crippen molar-refractivity contribution in [2.45, 2.75) is 32.4 Å². The van der Waals surface area contributed by atoms with Crippen LogP contribution in [0.5, 0.6) is 0 Å². The Balaban J connectivity index is 2.82. The van der Waals surface area contributed by atoms with Gasteiger partial charge in [-0.15, -0.1) is 0 Å². The molecule has 0 aromatic rings. The summed E-state index contributed by atoms with van der Waals surface area (Å²) in [7, 11) is -3.35. The molecule has 1 heterocycles. The first-order valence-corrected chi connectivity index (χ1v) is 7.46. The van der Waals surface area contributed by atoms with E-state index < -0.39 is 15.3 Å². The maximum Gasteiger partial charge on any atom is 0.223 e. The highest BCUT2D eigenvalue weighted by molar-refractivity contribution is 7.92. The molecule has 16 heavy (non-hydrogen) atoms. The first-order chi connectivity index (χ1) is 7.26. The van der Waals surface area contributed by atoms with Gasteiger partial charge in [0, 0.05) is 13.1 Å². The summed E-state index contributed by atoms with van der Waals surface area (Å²) in [5.41, 5.74) is 5.42. The monoisotopic (exact) mass is 264 g/mol. The van der Waals surface area contributed by atoms with E-state index in [0.29, 0.717) is 24.9 Å². The van der Waals surface area contributed by atoms with E-state index in [9.17, 15) is 8.42 Å². The van der Waals surface area contributed by atoms with Crippen LogP contribution in [0.1, 0.15) is 27.2 Å². The van der Waals surface area contributed by atoms with E-state index in [-0.39, 0.29) is 4.99 Å². The molecule has 1 aliphatic heterocycles. The number of sulfonamides is 1. The van der Waals surface area contributed by atoms with Crippen LogP contribution in [0.3, 0.4) is 0 Å². The van der Waals surface area contributed by atoms with Crippen molar-refractivity contribution in [2.24, 2.45) is 17.6 Å². The minimum atomic E-state index is -3.35. The molecule has 0 radical (unpaired) electrons. The van der Waals surface area contributed by atoms with Gasteiger partial charge < -0.3 is 5.73 Å². The first kappa shape index (κ1) is 13.9. The molecule has 94 valence electrons. The molecule has 0 aromatic carbocycles. The average Bonchev–Trinajstić information content (AvgIpc) is 2.20. The molecule has 0 aliphatic carbocycles. The Labute approximate surface area is 103 Å². The molecule has 0 saturated carbocycles. The second kappa shape index (κ2) is 4.98. The number of hydrogen-bond donors (Lipinski definition) is 1. The summed E-state index contributed by atoms with van der Waals surface area (Å²) in [6, 6.07) is 0. The molecular formula is C10H20N2O2S2. The van der Waals surface area contributed by atoms with Gasteiger partial charge >= 0.3 is 0 Å². The van der Waals surface area contributed by atoms with Crippen molar-refractivity contribution in [3.63, 3.8) is 0 Å². The van der Waals surface area contributed by atoms with Crippen molar-refractivity contribution >= 4 is 27.2 Å². The van der Waals surface area contributed by atoms with E-state index in [0.717, 1.165) is 6.42 Å². The van der Waals surface area contributed by atoms with E-state index in [1.165, 1.54) is 4.31 Å². The Kier molecular flexibility index (Phi) is 4.31. The summed E-state index contributed by atoms with van der Waals surface area (Å²) in [6.45, 7) is 6.96. The van der Waals surface area contributed by atoms with Gasteiger partial charge in [0.2, 0.25) is 10.0 Å². The Bertz CT molecular complexity index is 367. The van der Waals surface area contributed by atoms with Gasteiger partial charge in [0.15, 0.2) is 0 Å². The highest BCUT2D eigenvalue weighted by Crippen LogP contribution is 2.25. The Morgan fingerprint density at radius 2 is 2.00 bits per heavy atom. The lowest BCUT2D eigenvalue weighted by Gasteiger charge is -2.35. The zero-order valence-electron chi connectivity index (χ0n) is 10.0. The number of nitrogens with two attached hydrogens (primary N) is 1. The first-order valence-electron chi connectivity index (χ1n) is 5.55. The standard InChI is InChI=1S/C10H20N2O2S2/c1-7-4-5-12(6-8(7)2)16(13,14)9(3)10(11)15/h7-9H,4-6H2,1-3H3,(H2,11,15). The van der Waals surface area contributed by atoms with Crippen LogP contribution in [0.4, 0.5) is 0 Å². The molecule has 6 heteroatoms. The van der Waals surface area contributed by atoms with Gasteiger partial charge in [-0.25, -0.2) is 12.7 Å². The summed E-state index contributed by atoms with van der Waals surface area (Å²) in [6.07, 6.45) is 0.907. The normalized spacial score (nSPS) is 29.9. The minimum Gasteiger partial charge on any atom is -0.392 e. The van der Waals surface area contributed by atoms with E-state index in [2.05, 4.69) is 13.8 Å². The molecule has 0 spiro atoms. The lowest BCUT2D eigenvalue weighted by molar-refractivity contribution is 0.212. The molecule has 4 nitrogen and oxygen atoms in total. The van der Waals surface area contributed by atoms with Crippen LogP contribution in [0.25, 0.3) is 0 Å². The summed E-state index contributed by atoms with van der Waals surface area (Å²) in [5, 5.41) is -0.761. The van der Waals surface area contributed by atoms with Crippen LogP contribution in [0.15, 0.2) is 0 Å². The van der Waals surface area contributed by atoms with Crippen molar-refractivity contribution in [1.29, 1.82) is 0 Å². The summed E-state index contributed by atoms with van der Waals surface area (Å²) < 4.78 is 25.8. The maximum atomic E-state index is 12.1. The van der Waals surface area contributed by atoms with Gasteiger partial charge in [-0.3, -0.25) is 0 Å². The molecule has 1 rings (SSSR count). The van der Waals surface area contributed by atoms with Crippen molar-refractivity contribution in [2.75, 3.05) is 13.1 Å². The Morgan fingerprint density at radius 3 is 2.44 bits per heavy atom.